The fourth-order valence-electron chi connectivity index (χ4n) is 2.91. The number of nitrogens with zero attached hydrogens (tertiary/aromatic N) is 3. The maximum atomic E-state index is 12.7. The summed E-state index contributed by atoms with van der Waals surface area (Å²) in [4.78, 5) is 20.6. The highest BCUT2D eigenvalue weighted by molar-refractivity contribution is 6.30. The molecule has 1 fully saturated rings. The highest BCUT2D eigenvalue weighted by atomic mass is 35.5. The van der Waals surface area contributed by atoms with Gasteiger partial charge in [0.1, 0.15) is 5.69 Å². The summed E-state index contributed by atoms with van der Waals surface area (Å²) in [6, 6.07) is 3.56. The van der Waals surface area contributed by atoms with Crippen molar-refractivity contribution in [1.82, 2.24) is 14.8 Å². The molecule has 1 aromatic heterocycles. The van der Waals surface area contributed by atoms with E-state index in [-0.39, 0.29) is 11.6 Å². The number of aromatic nitrogens is 1. The largest absolute Gasteiger partial charge is 0.325 e. The van der Waals surface area contributed by atoms with Gasteiger partial charge in [-0.25, -0.2) is 9.78 Å². The second-order valence-electron chi connectivity index (χ2n) is 6.21. The lowest BCUT2D eigenvalue weighted by molar-refractivity contribution is 0.137. The molecule has 128 valence electrons. The molecular formula is C19H24ClN3O. The van der Waals surface area contributed by atoms with Gasteiger partial charge in [-0.3, -0.25) is 0 Å². The van der Waals surface area contributed by atoms with Crippen molar-refractivity contribution in [3.63, 3.8) is 0 Å². The topological polar surface area (TPSA) is 36.4 Å². The molecule has 1 saturated heterocycles. The molecule has 0 aromatic carbocycles. The van der Waals surface area contributed by atoms with Crippen molar-refractivity contribution in [2.45, 2.75) is 39.7 Å². The van der Waals surface area contributed by atoms with Gasteiger partial charge in [0.25, 0.3) is 0 Å². The van der Waals surface area contributed by atoms with E-state index in [9.17, 15) is 4.79 Å². The molecule has 0 unspecified atom stereocenters. The number of hydrogen-bond donors (Lipinski definition) is 0. The van der Waals surface area contributed by atoms with Crippen LogP contribution in [0.15, 0.2) is 30.0 Å². The lowest BCUT2D eigenvalue weighted by Gasteiger charge is -2.36. The van der Waals surface area contributed by atoms with Crippen LogP contribution in [0.3, 0.4) is 0 Å². The lowest BCUT2D eigenvalue weighted by Crippen LogP contribution is -2.50. The standard InChI is InChI=1S/C19H24ClN3O/c1-5-22(6-2)18(24)23-13-11-15(19(23,3)4)8-7-9-17-14-16(20)10-12-21-17/h8,10,12,14H,5-6,11,13H2,1-4H3/b15-8+. The maximum Gasteiger partial charge on any atom is 0.320 e. The quantitative estimate of drug-likeness (QED) is 0.761. The molecule has 0 spiro atoms. The molecule has 0 atom stereocenters. The number of rotatable bonds is 2. The van der Waals surface area contributed by atoms with Crippen LogP contribution in [0.1, 0.15) is 39.8 Å². The first-order chi connectivity index (χ1) is 11.4. The lowest BCUT2D eigenvalue weighted by atomic mass is 9.95. The van der Waals surface area contributed by atoms with E-state index < -0.39 is 0 Å². The molecule has 0 saturated carbocycles. The molecule has 24 heavy (non-hydrogen) atoms. The number of carbonyl (C=O) groups excluding carboxylic acids is 1. The summed E-state index contributed by atoms with van der Waals surface area (Å²) in [5, 5.41) is 0.624. The maximum absolute atomic E-state index is 12.7. The Balaban J connectivity index is 2.17. The van der Waals surface area contributed by atoms with E-state index in [4.69, 9.17) is 11.6 Å². The Kier molecular flexibility index (Phi) is 5.90. The minimum Gasteiger partial charge on any atom is -0.325 e. The van der Waals surface area contributed by atoms with Gasteiger partial charge in [-0.1, -0.05) is 17.5 Å². The molecule has 1 aliphatic rings. The number of carbonyl (C=O) groups is 1. The second-order valence-corrected chi connectivity index (χ2v) is 6.65. The van der Waals surface area contributed by atoms with Crippen molar-refractivity contribution >= 4 is 17.6 Å². The molecule has 2 amide bonds. The van der Waals surface area contributed by atoms with Crippen LogP contribution >= 0.6 is 11.6 Å². The van der Waals surface area contributed by atoms with Gasteiger partial charge in [0.05, 0.1) is 5.54 Å². The molecule has 0 bridgehead atoms. The molecule has 5 heteroatoms. The molecule has 2 heterocycles. The molecule has 0 aliphatic carbocycles. The van der Waals surface area contributed by atoms with Crippen molar-refractivity contribution in [2.75, 3.05) is 19.6 Å². The number of allylic oxidation sites excluding steroid dienone is 1. The van der Waals surface area contributed by atoms with Gasteiger partial charge < -0.3 is 9.80 Å². The molecule has 0 radical (unpaired) electrons. The van der Waals surface area contributed by atoms with Crippen molar-refractivity contribution in [2.24, 2.45) is 0 Å². The van der Waals surface area contributed by atoms with Crippen molar-refractivity contribution in [3.05, 3.63) is 40.7 Å². The Hall–Kier alpha value is -1.99. The first-order valence-electron chi connectivity index (χ1n) is 8.29. The highest BCUT2D eigenvalue weighted by Gasteiger charge is 2.40. The predicted molar refractivity (Wildman–Crippen MR) is 97.9 cm³/mol. The van der Waals surface area contributed by atoms with Crippen LogP contribution in [0.25, 0.3) is 0 Å². The van der Waals surface area contributed by atoms with Crippen LogP contribution in [0.5, 0.6) is 0 Å². The van der Waals surface area contributed by atoms with Crippen LogP contribution in [-0.2, 0) is 0 Å². The first-order valence-corrected chi connectivity index (χ1v) is 8.67. The summed E-state index contributed by atoms with van der Waals surface area (Å²) in [7, 11) is 0. The highest BCUT2D eigenvalue weighted by Crippen LogP contribution is 2.34. The number of urea groups is 1. The molecule has 4 nitrogen and oxygen atoms in total. The van der Waals surface area contributed by atoms with Gasteiger partial charge >= 0.3 is 6.03 Å². The summed E-state index contributed by atoms with van der Waals surface area (Å²) in [6.07, 6.45) is 4.40. The van der Waals surface area contributed by atoms with Gasteiger partial charge in [-0.05, 0) is 63.8 Å². The van der Waals surface area contributed by atoms with Gasteiger partial charge in [-0.2, -0.15) is 0 Å². The van der Waals surface area contributed by atoms with Crippen LogP contribution in [0.4, 0.5) is 4.79 Å². The SMILES string of the molecule is CCN(CC)C(=O)N1CC/C(=C\C#Cc2cc(Cl)ccn2)C1(C)C. The third kappa shape index (κ3) is 3.91. The van der Waals surface area contributed by atoms with E-state index in [0.717, 1.165) is 31.6 Å². The van der Waals surface area contributed by atoms with Crippen LogP contribution < -0.4 is 0 Å². The molecule has 1 aliphatic heterocycles. The Morgan fingerprint density at radius 1 is 1.46 bits per heavy atom. The Morgan fingerprint density at radius 3 is 2.79 bits per heavy atom. The van der Waals surface area contributed by atoms with Crippen molar-refractivity contribution in [3.8, 4) is 11.8 Å². The van der Waals surface area contributed by atoms with E-state index in [2.05, 4.69) is 30.7 Å². The summed E-state index contributed by atoms with van der Waals surface area (Å²) in [5.74, 6) is 6.06. The Labute approximate surface area is 149 Å². The normalized spacial score (nSPS) is 17.5. The monoisotopic (exact) mass is 345 g/mol. The summed E-state index contributed by atoms with van der Waals surface area (Å²) >= 11 is 5.94. The number of hydrogen-bond acceptors (Lipinski definition) is 2. The Bertz CT molecular complexity index is 696. The molecule has 1 aromatic rings. The van der Waals surface area contributed by atoms with E-state index in [1.165, 1.54) is 0 Å². The third-order valence-corrected chi connectivity index (χ3v) is 4.73. The van der Waals surface area contributed by atoms with Crippen molar-refractivity contribution < 1.29 is 4.79 Å². The Morgan fingerprint density at radius 2 is 2.17 bits per heavy atom. The van der Waals surface area contributed by atoms with Gasteiger partial charge in [0.2, 0.25) is 0 Å². The van der Waals surface area contributed by atoms with E-state index in [1.54, 1.807) is 18.3 Å². The molecule has 0 N–H and O–H groups in total. The zero-order valence-corrected chi connectivity index (χ0v) is 15.5. The number of halogens is 1. The average molecular weight is 346 g/mol. The average Bonchev–Trinajstić information content (AvgIpc) is 2.83. The van der Waals surface area contributed by atoms with Crippen LogP contribution in [-0.4, -0.2) is 46.0 Å². The molecular weight excluding hydrogens is 322 g/mol. The minimum absolute atomic E-state index is 0.0952. The van der Waals surface area contributed by atoms with Crippen molar-refractivity contribution in [1.29, 1.82) is 0 Å². The fourth-order valence-corrected chi connectivity index (χ4v) is 3.07. The van der Waals surface area contributed by atoms with Gasteiger partial charge in [0.15, 0.2) is 0 Å². The smallest absolute Gasteiger partial charge is 0.320 e. The van der Waals surface area contributed by atoms with Gasteiger partial charge in [-0.15, -0.1) is 0 Å². The van der Waals surface area contributed by atoms with Crippen LogP contribution in [0.2, 0.25) is 5.02 Å². The zero-order valence-electron chi connectivity index (χ0n) is 14.8. The van der Waals surface area contributed by atoms with E-state index >= 15 is 0 Å². The third-order valence-electron chi connectivity index (χ3n) is 4.50. The number of likely N-dealkylation sites (tertiary alicyclic amines) is 1. The number of amides is 2. The summed E-state index contributed by atoms with van der Waals surface area (Å²) < 4.78 is 0. The van der Waals surface area contributed by atoms with Crippen LogP contribution in [0, 0.1) is 11.8 Å². The minimum atomic E-state index is -0.323. The first kappa shape index (κ1) is 18.4. The second kappa shape index (κ2) is 7.72. The summed E-state index contributed by atoms with van der Waals surface area (Å²) in [5.41, 5.74) is 1.49. The molecule has 2 rings (SSSR count). The van der Waals surface area contributed by atoms with Gasteiger partial charge in [0, 0.05) is 30.9 Å². The fraction of sp³-hybridized carbons (Fsp3) is 0.474. The van der Waals surface area contributed by atoms with E-state index in [1.807, 2.05) is 29.7 Å². The van der Waals surface area contributed by atoms with E-state index in [0.29, 0.717) is 10.7 Å². The summed E-state index contributed by atoms with van der Waals surface area (Å²) in [6.45, 7) is 10.3. The zero-order chi connectivity index (χ0) is 17.7. The predicted octanol–water partition coefficient (Wildman–Crippen LogP) is 3.96. The number of pyridine rings is 1.